The summed E-state index contributed by atoms with van der Waals surface area (Å²) < 4.78 is 22.8. The van der Waals surface area contributed by atoms with Crippen LogP contribution in [-0.4, -0.2) is 82.3 Å². The number of esters is 2. The SMILES string of the molecule is CC/C=C\C/C=C\C/C=C\C/C=C\CCCCCCCCCCCCCCCCCCCCC(=O)OC(COC(=O)CCCCCCCCCCCCCCCC/C=C\C/C=C\C/C=C\CCCCCCC)COC(OCC[N+](C)(C)C)C(=O)[O-]. The van der Waals surface area contributed by atoms with Crippen molar-refractivity contribution in [2.24, 2.45) is 0 Å². The fourth-order valence-electron chi connectivity index (χ4n) is 10.2. The molecule has 0 amide bonds. The van der Waals surface area contributed by atoms with Gasteiger partial charge in [0.2, 0.25) is 0 Å². The quantitative estimate of drug-likeness (QED) is 0.0195. The minimum absolute atomic E-state index is 0.147. The minimum Gasteiger partial charge on any atom is -0.545 e. The average Bonchev–Trinajstić information content (AvgIpc) is 3.49. The first-order valence-electron chi connectivity index (χ1n) is 35.7. The van der Waals surface area contributed by atoms with Crippen molar-refractivity contribution in [3.05, 3.63) is 85.1 Å². The van der Waals surface area contributed by atoms with E-state index in [4.69, 9.17) is 18.9 Å². The number of carbonyl (C=O) groups is 3. The molecule has 0 rings (SSSR count). The van der Waals surface area contributed by atoms with Crippen molar-refractivity contribution in [1.29, 1.82) is 0 Å². The third-order valence-electron chi connectivity index (χ3n) is 15.6. The largest absolute Gasteiger partial charge is 0.545 e. The third kappa shape index (κ3) is 67.8. The molecule has 85 heavy (non-hydrogen) atoms. The van der Waals surface area contributed by atoms with Gasteiger partial charge >= 0.3 is 11.9 Å². The Labute approximate surface area is 525 Å². The van der Waals surface area contributed by atoms with E-state index < -0.39 is 24.3 Å². The maximum Gasteiger partial charge on any atom is 0.306 e. The summed E-state index contributed by atoms with van der Waals surface area (Å²) in [6, 6.07) is 0. The molecule has 492 valence electrons. The standard InChI is InChI=1S/C76H135NO8/c1-6-8-10-12-14-16-18-20-22-24-26-28-30-32-34-36-37-39-41-43-45-47-49-51-53-55-57-59-61-63-65-67-74(79)85-72(71-84-76(75(80)81)82-69-68-77(3,4)5)70-83-73(78)66-64-62-60-58-56-54-52-50-48-46-44-42-40-38-35-33-31-29-27-25-23-21-19-17-15-13-11-9-7-2/h8,10,14,16,19-22,25-28,31,33,72,76H,6-7,9,11-13,15,17-18,23-24,29-30,32,34-71H2,1-5H3/b10-8-,16-14-,21-19-,22-20-,27-25-,28-26-,33-31-. The lowest BCUT2D eigenvalue weighted by molar-refractivity contribution is -0.870. The maximum atomic E-state index is 12.9. The maximum absolute atomic E-state index is 12.9. The summed E-state index contributed by atoms with van der Waals surface area (Å²) in [6.45, 7) is 4.66. The Bertz CT molecular complexity index is 1670. The molecule has 0 bridgehead atoms. The molecule has 0 aliphatic heterocycles. The molecule has 0 fully saturated rings. The first-order chi connectivity index (χ1) is 41.6. The van der Waals surface area contributed by atoms with Gasteiger partial charge in [0, 0.05) is 12.8 Å². The molecule has 0 aliphatic rings. The highest BCUT2D eigenvalue weighted by Gasteiger charge is 2.22. The Morgan fingerprint density at radius 3 is 1.00 bits per heavy atom. The number of aliphatic carboxylic acids is 1. The number of carbonyl (C=O) groups excluding carboxylic acids is 3. The Balaban J connectivity index is 4.09. The Hall–Kier alpha value is -3.53. The molecule has 2 atom stereocenters. The lowest BCUT2D eigenvalue weighted by Gasteiger charge is -2.26. The van der Waals surface area contributed by atoms with Crippen LogP contribution in [0.1, 0.15) is 322 Å². The highest BCUT2D eigenvalue weighted by Crippen LogP contribution is 2.18. The van der Waals surface area contributed by atoms with Crippen LogP contribution in [0.5, 0.6) is 0 Å². The molecule has 2 unspecified atom stereocenters. The second-order valence-corrected chi connectivity index (χ2v) is 25.1. The van der Waals surface area contributed by atoms with Gasteiger partial charge in [0.05, 0.1) is 40.3 Å². The fourth-order valence-corrected chi connectivity index (χ4v) is 10.2. The monoisotopic (exact) mass is 1190 g/mol. The van der Waals surface area contributed by atoms with E-state index in [9.17, 15) is 19.5 Å². The molecular weight excluding hydrogens is 1050 g/mol. The molecule has 0 spiro atoms. The molecule has 0 aliphatic carbocycles. The average molecular weight is 1190 g/mol. The number of carboxylic acids is 1. The van der Waals surface area contributed by atoms with Crippen LogP contribution in [-0.2, 0) is 33.3 Å². The van der Waals surface area contributed by atoms with E-state index in [1.807, 2.05) is 21.1 Å². The molecule has 0 aromatic heterocycles. The number of hydrogen-bond donors (Lipinski definition) is 0. The van der Waals surface area contributed by atoms with Gasteiger partial charge in [-0.15, -0.1) is 0 Å². The summed E-state index contributed by atoms with van der Waals surface area (Å²) in [5.41, 5.74) is 0. The summed E-state index contributed by atoms with van der Waals surface area (Å²) >= 11 is 0. The van der Waals surface area contributed by atoms with E-state index in [1.165, 1.54) is 218 Å². The Morgan fingerprint density at radius 1 is 0.365 bits per heavy atom. The Kier molecular flexibility index (Phi) is 63.7. The predicted octanol–water partition coefficient (Wildman–Crippen LogP) is 20.9. The van der Waals surface area contributed by atoms with E-state index in [0.29, 0.717) is 23.9 Å². The molecule has 0 N–H and O–H groups in total. The summed E-state index contributed by atoms with van der Waals surface area (Å²) in [5, 5.41) is 11.8. The van der Waals surface area contributed by atoms with Crippen LogP contribution in [0, 0.1) is 0 Å². The first kappa shape index (κ1) is 81.5. The van der Waals surface area contributed by atoms with Crippen LogP contribution < -0.4 is 5.11 Å². The van der Waals surface area contributed by atoms with Crippen molar-refractivity contribution in [2.75, 3.05) is 47.5 Å². The number of carboxylic acid groups (broad SMARTS) is 1. The van der Waals surface area contributed by atoms with Crippen LogP contribution in [0.3, 0.4) is 0 Å². The first-order valence-corrected chi connectivity index (χ1v) is 35.7. The van der Waals surface area contributed by atoms with Gasteiger partial charge in [-0.3, -0.25) is 9.59 Å². The van der Waals surface area contributed by atoms with Crippen molar-refractivity contribution in [2.45, 2.75) is 334 Å². The second kappa shape index (κ2) is 66.4. The van der Waals surface area contributed by atoms with Crippen molar-refractivity contribution in [3.63, 3.8) is 0 Å². The summed E-state index contributed by atoms with van der Waals surface area (Å²) in [7, 11) is 5.94. The summed E-state index contributed by atoms with van der Waals surface area (Å²) in [6.07, 6.45) is 86.7. The summed E-state index contributed by atoms with van der Waals surface area (Å²) in [5.74, 6) is -2.27. The van der Waals surface area contributed by atoms with Crippen LogP contribution >= 0.6 is 0 Å². The fraction of sp³-hybridized carbons (Fsp3) is 0.776. The molecule has 0 aromatic rings. The number of nitrogens with zero attached hydrogens (tertiary/aromatic N) is 1. The van der Waals surface area contributed by atoms with Crippen LogP contribution in [0.25, 0.3) is 0 Å². The highest BCUT2D eigenvalue weighted by atomic mass is 16.7. The topological polar surface area (TPSA) is 111 Å². The Morgan fingerprint density at radius 2 is 0.671 bits per heavy atom. The number of rotatable bonds is 66. The molecule has 0 heterocycles. The molecule has 0 aromatic carbocycles. The number of quaternary nitrogens is 1. The van der Waals surface area contributed by atoms with Gasteiger partial charge < -0.3 is 33.3 Å². The van der Waals surface area contributed by atoms with E-state index in [1.54, 1.807) is 0 Å². The van der Waals surface area contributed by atoms with E-state index in [0.717, 1.165) is 70.6 Å². The van der Waals surface area contributed by atoms with Gasteiger partial charge in [0.1, 0.15) is 13.2 Å². The lowest BCUT2D eigenvalue weighted by Crippen LogP contribution is -2.44. The van der Waals surface area contributed by atoms with Crippen LogP contribution in [0.4, 0.5) is 0 Å². The second-order valence-electron chi connectivity index (χ2n) is 25.1. The number of allylic oxidation sites excluding steroid dienone is 14. The zero-order valence-corrected chi connectivity index (χ0v) is 56.2. The normalized spacial score (nSPS) is 13.2. The number of unbranched alkanes of at least 4 members (excludes halogenated alkanes) is 37. The zero-order valence-electron chi connectivity index (χ0n) is 56.2. The summed E-state index contributed by atoms with van der Waals surface area (Å²) in [4.78, 5) is 37.5. The van der Waals surface area contributed by atoms with Gasteiger partial charge in [-0.05, 0) is 89.9 Å². The van der Waals surface area contributed by atoms with Gasteiger partial charge in [0.15, 0.2) is 12.4 Å². The van der Waals surface area contributed by atoms with Crippen LogP contribution in [0.2, 0.25) is 0 Å². The molecular formula is C76H135NO8. The van der Waals surface area contributed by atoms with Crippen molar-refractivity contribution < 1.29 is 42.9 Å². The minimum atomic E-state index is -1.62. The van der Waals surface area contributed by atoms with Crippen LogP contribution in [0.15, 0.2) is 85.1 Å². The van der Waals surface area contributed by atoms with Crippen molar-refractivity contribution in [1.82, 2.24) is 0 Å². The van der Waals surface area contributed by atoms with E-state index >= 15 is 0 Å². The lowest BCUT2D eigenvalue weighted by atomic mass is 10.0. The molecule has 0 radical (unpaired) electrons. The molecule has 9 heteroatoms. The number of likely N-dealkylation sites (N-methyl/N-ethyl adjacent to an activating group) is 1. The molecule has 0 saturated carbocycles. The van der Waals surface area contributed by atoms with Crippen molar-refractivity contribution >= 4 is 17.9 Å². The van der Waals surface area contributed by atoms with Crippen molar-refractivity contribution in [3.8, 4) is 0 Å². The predicted molar refractivity (Wildman–Crippen MR) is 361 cm³/mol. The van der Waals surface area contributed by atoms with Gasteiger partial charge in [-0.1, -0.05) is 304 Å². The highest BCUT2D eigenvalue weighted by molar-refractivity contribution is 5.70. The third-order valence-corrected chi connectivity index (χ3v) is 15.6. The smallest absolute Gasteiger partial charge is 0.306 e. The van der Waals surface area contributed by atoms with E-state index in [2.05, 4.69) is 98.9 Å². The number of hydrogen-bond acceptors (Lipinski definition) is 8. The number of ether oxygens (including phenoxy) is 4. The molecule has 0 saturated heterocycles. The van der Waals surface area contributed by atoms with E-state index in [-0.39, 0.29) is 32.2 Å². The van der Waals surface area contributed by atoms with Gasteiger partial charge in [-0.25, -0.2) is 0 Å². The molecule has 9 nitrogen and oxygen atoms in total. The zero-order chi connectivity index (χ0) is 61.9. The van der Waals surface area contributed by atoms with Gasteiger partial charge in [-0.2, -0.15) is 0 Å². The van der Waals surface area contributed by atoms with Gasteiger partial charge in [0.25, 0.3) is 0 Å².